The third kappa shape index (κ3) is 3.29. The third-order valence-corrected chi connectivity index (χ3v) is 4.17. The van der Waals surface area contributed by atoms with Crippen LogP contribution in [0.1, 0.15) is 29.6 Å². The fourth-order valence-corrected chi connectivity index (χ4v) is 2.83. The van der Waals surface area contributed by atoms with Crippen molar-refractivity contribution in [2.75, 3.05) is 40.0 Å². The van der Waals surface area contributed by atoms with Gasteiger partial charge in [0.2, 0.25) is 6.79 Å². The molecule has 1 aromatic rings. The van der Waals surface area contributed by atoms with E-state index in [4.69, 9.17) is 9.47 Å². The Labute approximate surface area is 125 Å². The summed E-state index contributed by atoms with van der Waals surface area (Å²) in [5.41, 5.74) is 0.653. The molecule has 5 nitrogen and oxygen atoms in total. The van der Waals surface area contributed by atoms with Crippen molar-refractivity contribution in [3.8, 4) is 11.5 Å². The summed E-state index contributed by atoms with van der Waals surface area (Å²) in [7, 11) is 1.86. The van der Waals surface area contributed by atoms with Gasteiger partial charge in [-0.1, -0.05) is 6.42 Å². The molecule has 2 aliphatic heterocycles. The first-order valence-corrected chi connectivity index (χ1v) is 7.61. The van der Waals surface area contributed by atoms with Gasteiger partial charge in [-0.05, 0) is 44.1 Å². The van der Waals surface area contributed by atoms with Gasteiger partial charge in [-0.25, -0.2) is 0 Å². The number of likely N-dealkylation sites (N-methyl/N-ethyl adjacent to an activating group) is 1. The highest BCUT2D eigenvalue weighted by molar-refractivity contribution is 5.94. The predicted octanol–water partition coefficient (Wildman–Crippen LogP) is 1.97. The van der Waals surface area contributed by atoms with Crippen molar-refractivity contribution in [2.45, 2.75) is 19.3 Å². The summed E-state index contributed by atoms with van der Waals surface area (Å²) in [6.07, 6.45) is 3.89. The number of carbonyl (C=O) groups excluding carboxylic acids is 1. The highest BCUT2D eigenvalue weighted by Gasteiger charge is 2.19. The van der Waals surface area contributed by atoms with Gasteiger partial charge in [0.15, 0.2) is 11.5 Å². The molecule has 0 N–H and O–H groups in total. The molecule has 2 aliphatic rings. The summed E-state index contributed by atoms with van der Waals surface area (Å²) in [5, 5.41) is 0. The van der Waals surface area contributed by atoms with Gasteiger partial charge >= 0.3 is 0 Å². The molecule has 0 spiro atoms. The predicted molar refractivity (Wildman–Crippen MR) is 79.8 cm³/mol. The minimum atomic E-state index is 0.0327. The molecule has 1 aromatic carbocycles. The Morgan fingerprint density at radius 2 is 1.95 bits per heavy atom. The van der Waals surface area contributed by atoms with E-state index in [2.05, 4.69) is 4.90 Å². The quantitative estimate of drug-likeness (QED) is 0.850. The zero-order chi connectivity index (χ0) is 14.7. The second kappa shape index (κ2) is 6.35. The number of piperidine rings is 1. The highest BCUT2D eigenvalue weighted by atomic mass is 16.7. The van der Waals surface area contributed by atoms with E-state index in [0.717, 1.165) is 26.2 Å². The van der Waals surface area contributed by atoms with E-state index in [1.807, 2.05) is 7.05 Å². The summed E-state index contributed by atoms with van der Waals surface area (Å²) < 4.78 is 10.6. The van der Waals surface area contributed by atoms with Gasteiger partial charge in [-0.3, -0.25) is 4.79 Å². The van der Waals surface area contributed by atoms with E-state index in [1.54, 1.807) is 23.1 Å². The first-order valence-electron chi connectivity index (χ1n) is 7.61. The second-order valence-corrected chi connectivity index (χ2v) is 5.70. The van der Waals surface area contributed by atoms with Crippen LogP contribution in [0, 0.1) is 0 Å². The summed E-state index contributed by atoms with van der Waals surface area (Å²) in [5.74, 6) is 1.40. The Morgan fingerprint density at radius 1 is 1.19 bits per heavy atom. The Morgan fingerprint density at radius 3 is 2.76 bits per heavy atom. The molecule has 0 aromatic heterocycles. The Hall–Kier alpha value is -1.75. The second-order valence-electron chi connectivity index (χ2n) is 5.70. The number of benzene rings is 1. The fraction of sp³-hybridized carbons (Fsp3) is 0.562. The number of rotatable bonds is 4. The van der Waals surface area contributed by atoms with Crippen LogP contribution in [0.2, 0.25) is 0 Å². The highest BCUT2D eigenvalue weighted by Crippen LogP contribution is 2.32. The van der Waals surface area contributed by atoms with Crippen molar-refractivity contribution in [1.82, 2.24) is 9.80 Å². The number of hydrogen-bond acceptors (Lipinski definition) is 4. The van der Waals surface area contributed by atoms with Crippen LogP contribution >= 0.6 is 0 Å². The van der Waals surface area contributed by atoms with Crippen LogP contribution in [-0.2, 0) is 0 Å². The van der Waals surface area contributed by atoms with Crippen molar-refractivity contribution in [3.05, 3.63) is 23.8 Å². The zero-order valence-electron chi connectivity index (χ0n) is 12.5. The molecule has 5 heteroatoms. The Bertz CT molecular complexity index is 512. The van der Waals surface area contributed by atoms with Gasteiger partial charge in [0.25, 0.3) is 5.91 Å². The lowest BCUT2D eigenvalue weighted by molar-refractivity contribution is 0.0772. The largest absolute Gasteiger partial charge is 0.454 e. The minimum absolute atomic E-state index is 0.0327. The normalized spacial score (nSPS) is 17.8. The van der Waals surface area contributed by atoms with Crippen molar-refractivity contribution < 1.29 is 14.3 Å². The Kier molecular flexibility index (Phi) is 4.29. The maximum atomic E-state index is 12.4. The molecule has 1 amide bonds. The Balaban J connectivity index is 1.56. The zero-order valence-corrected chi connectivity index (χ0v) is 12.5. The molecule has 0 bridgehead atoms. The number of amides is 1. The molecule has 3 rings (SSSR count). The van der Waals surface area contributed by atoms with Crippen LogP contribution in [0.3, 0.4) is 0 Å². The third-order valence-electron chi connectivity index (χ3n) is 4.17. The van der Waals surface area contributed by atoms with Gasteiger partial charge in [0.05, 0.1) is 0 Å². The van der Waals surface area contributed by atoms with Crippen molar-refractivity contribution >= 4 is 5.91 Å². The molecular formula is C16H22N2O3. The molecule has 0 unspecified atom stereocenters. The molecule has 0 saturated carbocycles. The van der Waals surface area contributed by atoms with Gasteiger partial charge < -0.3 is 19.3 Å². The van der Waals surface area contributed by atoms with Crippen LogP contribution in [0.15, 0.2) is 18.2 Å². The van der Waals surface area contributed by atoms with E-state index < -0.39 is 0 Å². The topological polar surface area (TPSA) is 42.0 Å². The lowest BCUT2D eigenvalue weighted by Crippen LogP contribution is -2.38. The van der Waals surface area contributed by atoms with Gasteiger partial charge in [-0.2, -0.15) is 0 Å². The molecule has 2 heterocycles. The molecule has 0 atom stereocenters. The lowest BCUT2D eigenvalue weighted by Gasteiger charge is -2.28. The van der Waals surface area contributed by atoms with Crippen molar-refractivity contribution in [2.24, 2.45) is 0 Å². The standard InChI is InChI=1S/C16H22N2O3/c1-17(9-10-18-7-3-2-4-8-18)16(19)13-5-6-14-15(11-13)21-12-20-14/h5-6,11H,2-4,7-10,12H2,1H3. The van der Waals surface area contributed by atoms with Crippen molar-refractivity contribution in [3.63, 3.8) is 0 Å². The van der Waals surface area contributed by atoms with Crippen LogP contribution in [0.25, 0.3) is 0 Å². The van der Waals surface area contributed by atoms with E-state index in [-0.39, 0.29) is 12.7 Å². The average Bonchev–Trinajstić information content (AvgIpc) is 3.00. The molecular weight excluding hydrogens is 268 g/mol. The van der Waals surface area contributed by atoms with E-state index in [9.17, 15) is 4.79 Å². The smallest absolute Gasteiger partial charge is 0.253 e. The number of ether oxygens (including phenoxy) is 2. The monoisotopic (exact) mass is 290 g/mol. The molecule has 21 heavy (non-hydrogen) atoms. The molecule has 0 aliphatic carbocycles. The van der Waals surface area contributed by atoms with Gasteiger partial charge in [0, 0.05) is 25.7 Å². The number of likely N-dealkylation sites (tertiary alicyclic amines) is 1. The fourth-order valence-electron chi connectivity index (χ4n) is 2.83. The van der Waals surface area contributed by atoms with E-state index in [1.165, 1.54) is 19.3 Å². The summed E-state index contributed by atoms with van der Waals surface area (Å²) in [4.78, 5) is 16.6. The number of hydrogen-bond donors (Lipinski definition) is 0. The summed E-state index contributed by atoms with van der Waals surface area (Å²) in [6.45, 7) is 4.26. The van der Waals surface area contributed by atoms with Gasteiger partial charge in [0.1, 0.15) is 0 Å². The van der Waals surface area contributed by atoms with E-state index >= 15 is 0 Å². The molecule has 1 fully saturated rings. The minimum Gasteiger partial charge on any atom is -0.454 e. The molecule has 114 valence electrons. The number of fused-ring (bicyclic) bond motifs is 1. The number of carbonyl (C=O) groups is 1. The molecule has 0 radical (unpaired) electrons. The van der Waals surface area contributed by atoms with E-state index in [0.29, 0.717) is 17.1 Å². The maximum absolute atomic E-state index is 12.4. The summed E-state index contributed by atoms with van der Waals surface area (Å²) in [6, 6.07) is 5.36. The first kappa shape index (κ1) is 14.2. The lowest BCUT2D eigenvalue weighted by atomic mass is 10.1. The van der Waals surface area contributed by atoms with Crippen LogP contribution in [0.5, 0.6) is 11.5 Å². The molecule has 1 saturated heterocycles. The average molecular weight is 290 g/mol. The maximum Gasteiger partial charge on any atom is 0.253 e. The summed E-state index contributed by atoms with van der Waals surface area (Å²) >= 11 is 0. The van der Waals surface area contributed by atoms with Crippen LogP contribution in [-0.4, -0.2) is 55.7 Å². The van der Waals surface area contributed by atoms with Crippen molar-refractivity contribution in [1.29, 1.82) is 0 Å². The number of nitrogens with zero attached hydrogens (tertiary/aromatic N) is 2. The van der Waals surface area contributed by atoms with Gasteiger partial charge in [-0.15, -0.1) is 0 Å². The SMILES string of the molecule is CN(CCN1CCCCC1)C(=O)c1ccc2c(c1)OCO2. The van der Waals surface area contributed by atoms with Crippen LogP contribution < -0.4 is 9.47 Å². The van der Waals surface area contributed by atoms with Crippen LogP contribution in [0.4, 0.5) is 0 Å². The first-order chi connectivity index (χ1) is 10.2.